The Morgan fingerprint density at radius 2 is 2.00 bits per heavy atom. The van der Waals surface area contributed by atoms with Gasteiger partial charge in [-0.15, -0.1) is 0 Å². The molecular formula is C8H15NS2. The fourth-order valence-corrected chi connectivity index (χ4v) is 3.37. The second kappa shape index (κ2) is 3.31. The molecule has 0 N–H and O–H groups in total. The normalized spacial score (nSPS) is 32.1. The topological polar surface area (TPSA) is 3.24 Å². The molecule has 0 bridgehead atoms. The van der Waals surface area contributed by atoms with E-state index in [1.807, 2.05) is 11.8 Å². The van der Waals surface area contributed by atoms with Crippen molar-refractivity contribution in [2.24, 2.45) is 0 Å². The molecule has 1 aliphatic rings. The molecule has 1 rings (SSSR count). The van der Waals surface area contributed by atoms with Crippen molar-refractivity contribution in [3.63, 3.8) is 0 Å². The van der Waals surface area contributed by atoms with Gasteiger partial charge in [0.15, 0.2) is 0 Å². The van der Waals surface area contributed by atoms with E-state index in [-0.39, 0.29) is 0 Å². The number of hydrogen-bond acceptors (Lipinski definition) is 2. The summed E-state index contributed by atoms with van der Waals surface area (Å²) < 4.78 is 1.07. The van der Waals surface area contributed by atoms with Crippen molar-refractivity contribution in [2.75, 3.05) is 0 Å². The van der Waals surface area contributed by atoms with Gasteiger partial charge in [-0.3, -0.25) is 0 Å². The SMILES string of the molecule is CC1SC(=S)N(C(C)C)C1C. The molecule has 1 nitrogen and oxygen atoms in total. The van der Waals surface area contributed by atoms with E-state index in [1.165, 1.54) is 0 Å². The summed E-state index contributed by atoms with van der Waals surface area (Å²) in [5, 5.41) is 0.657. The van der Waals surface area contributed by atoms with Crippen molar-refractivity contribution in [2.45, 2.75) is 45.0 Å². The summed E-state index contributed by atoms with van der Waals surface area (Å²) in [6.45, 7) is 8.88. The maximum absolute atomic E-state index is 5.26. The van der Waals surface area contributed by atoms with Crippen molar-refractivity contribution >= 4 is 28.3 Å². The summed E-state index contributed by atoms with van der Waals surface area (Å²) in [6.07, 6.45) is 0. The van der Waals surface area contributed by atoms with Crippen molar-refractivity contribution in [1.82, 2.24) is 4.90 Å². The van der Waals surface area contributed by atoms with E-state index in [9.17, 15) is 0 Å². The molecule has 1 fully saturated rings. The highest BCUT2D eigenvalue weighted by Gasteiger charge is 2.33. The van der Waals surface area contributed by atoms with Crippen LogP contribution in [0.3, 0.4) is 0 Å². The van der Waals surface area contributed by atoms with Crippen LogP contribution in [0.1, 0.15) is 27.7 Å². The molecule has 1 saturated heterocycles. The molecule has 0 aromatic carbocycles. The lowest BCUT2D eigenvalue weighted by Gasteiger charge is -2.27. The summed E-state index contributed by atoms with van der Waals surface area (Å²) in [5.41, 5.74) is 0. The van der Waals surface area contributed by atoms with Gasteiger partial charge in [-0.25, -0.2) is 0 Å². The van der Waals surface area contributed by atoms with Crippen molar-refractivity contribution < 1.29 is 0 Å². The molecule has 1 heterocycles. The van der Waals surface area contributed by atoms with Gasteiger partial charge in [-0.2, -0.15) is 0 Å². The summed E-state index contributed by atoms with van der Waals surface area (Å²) in [4.78, 5) is 2.32. The van der Waals surface area contributed by atoms with Crippen LogP contribution < -0.4 is 0 Å². The van der Waals surface area contributed by atoms with E-state index >= 15 is 0 Å². The van der Waals surface area contributed by atoms with Gasteiger partial charge in [0.05, 0.1) is 0 Å². The van der Waals surface area contributed by atoms with E-state index in [0.29, 0.717) is 17.3 Å². The largest absolute Gasteiger partial charge is 0.351 e. The van der Waals surface area contributed by atoms with Crippen LogP contribution in [0.25, 0.3) is 0 Å². The summed E-state index contributed by atoms with van der Waals surface area (Å²) in [5.74, 6) is 0. The third kappa shape index (κ3) is 1.70. The quantitative estimate of drug-likeness (QED) is 0.584. The lowest BCUT2D eigenvalue weighted by atomic mass is 10.2. The Morgan fingerprint density at radius 3 is 2.18 bits per heavy atom. The monoisotopic (exact) mass is 189 g/mol. The molecule has 1 aliphatic heterocycles. The number of rotatable bonds is 1. The molecule has 11 heavy (non-hydrogen) atoms. The predicted molar refractivity (Wildman–Crippen MR) is 56.1 cm³/mol. The highest BCUT2D eigenvalue weighted by atomic mass is 32.2. The van der Waals surface area contributed by atoms with E-state index in [2.05, 4.69) is 32.6 Å². The highest BCUT2D eigenvalue weighted by Crippen LogP contribution is 2.32. The summed E-state index contributed by atoms with van der Waals surface area (Å²) in [6, 6.07) is 1.16. The third-order valence-electron chi connectivity index (χ3n) is 2.17. The van der Waals surface area contributed by atoms with E-state index in [0.717, 1.165) is 4.32 Å². The van der Waals surface area contributed by atoms with Gasteiger partial charge >= 0.3 is 0 Å². The Bertz CT molecular complexity index is 167. The molecule has 0 radical (unpaired) electrons. The molecule has 0 aromatic rings. The molecule has 0 aromatic heterocycles. The minimum Gasteiger partial charge on any atom is -0.351 e. The lowest BCUT2D eigenvalue weighted by Crippen LogP contribution is -2.38. The summed E-state index contributed by atoms with van der Waals surface area (Å²) in [7, 11) is 0. The first-order chi connectivity index (χ1) is 5.04. The molecule has 0 spiro atoms. The minimum absolute atomic E-state index is 0.551. The lowest BCUT2D eigenvalue weighted by molar-refractivity contribution is 0.295. The van der Waals surface area contributed by atoms with Gasteiger partial charge in [0.25, 0.3) is 0 Å². The zero-order valence-electron chi connectivity index (χ0n) is 7.50. The summed E-state index contributed by atoms with van der Waals surface area (Å²) >= 11 is 7.08. The Balaban J connectivity index is 2.71. The van der Waals surface area contributed by atoms with Crippen molar-refractivity contribution in [3.8, 4) is 0 Å². The Hall–Kier alpha value is 0.240. The van der Waals surface area contributed by atoms with Crippen LogP contribution in [0.4, 0.5) is 0 Å². The maximum Gasteiger partial charge on any atom is 0.137 e. The van der Waals surface area contributed by atoms with E-state index < -0.39 is 0 Å². The average Bonchev–Trinajstić information content (AvgIpc) is 2.07. The number of thiocarbonyl (C=S) groups is 1. The van der Waals surface area contributed by atoms with Crippen LogP contribution in [0.15, 0.2) is 0 Å². The van der Waals surface area contributed by atoms with Gasteiger partial charge in [-0.1, -0.05) is 30.9 Å². The smallest absolute Gasteiger partial charge is 0.137 e. The van der Waals surface area contributed by atoms with Gasteiger partial charge in [0.1, 0.15) is 4.32 Å². The fraction of sp³-hybridized carbons (Fsp3) is 0.875. The van der Waals surface area contributed by atoms with Crippen molar-refractivity contribution in [3.05, 3.63) is 0 Å². The number of hydrogen-bond donors (Lipinski definition) is 0. The van der Waals surface area contributed by atoms with Gasteiger partial charge in [0, 0.05) is 17.3 Å². The molecule has 0 saturated carbocycles. The molecule has 3 heteroatoms. The van der Waals surface area contributed by atoms with Crippen LogP contribution in [-0.4, -0.2) is 26.6 Å². The minimum atomic E-state index is 0.551. The van der Waals surface area contributed by atoms with Gasteiger partial charge in [-0.05, 0) is 20.8 Å². The van der Waals surface area contributed by atoms with Gasteiger partial charge < -0.3 is 4.90 Å². The number of thioether (sulfide) groups is 1. The van der Waals surface area contributed by atoms with Crippen LogP contribution in [0.2, 0.25) is 0 Å². The highest BCUT2D eigenvalue weighted by molar-refractivity contribution is 8.23. The Labute approximate surface area is 78.5 Å². The first kappa shape index (κ1) is 9.33. The van der Waals surface area contributed by atoms with E-state index in [1.54, 1.807) is 0 Å². The maximum atomic E-state index is 5.26. The first-order valence-corrected chi connectivity index (χ1v) is 5.31. The average molecular weight is 189 g/mol. The van der Waals surface area contributed by atoms with Crippen LogP contribution in [0.5, 0.6) is 0 Å². The first-order valence-electron chi connectivity index (χ1n) is 4.03. The zero-order chi connectivity index (χ0) is 8.59. The third-order valence-corrected chi connectivity index (χ3v) is 3.85. The van der Waals surface area contributed by atoms with Crippen molar-refractivity contribution in [1.29, 1.82) is 0 Å². The molecule has 2 unspecified atom stereocenters. The molecule has 2 atom stereocenters. The zero-order valence-corrected chi connectivity index (χ0v) is 9.13. The van der Waals surface area contributed by atoms with Crippen LogP contribution in [-0.2, 0) is 0 Å². The second-order valence-corrected chi connectivity index (χ2v) is 5.34. The fourth-order valence-electron chi connectivity index (χ4n) is 1.39. The standard InChI is InChI=1S/C8H15NS2/c1-5(2)9-6(3)7(4)11-8(9)10/h5-7H,1-4H3. The number of nitrogens with zero attached hydrogens (tertiary/aromatic N) is 1. The Kier molecular flexibility index (Phi) is 2.81. The van der Waals surface area contributed by atoms with E-state index in [4.69, 9.17) is 12.2 Å². The molecule has 0 aliphatic carbocycles. The predicted octanol–water partition coefficient (Wildman–Crippen LogP) is 2.51. The van der Waals surface area contributed by atoms with Gasteiger partial charge in [0.2, 0.25) is 0 Å². The van der Waals surface area contributed by atoms with Crippen LogP contribution >= 0.6 is 24.0 Å². The molecule has 64 valence electrons. The second-order valence-electron chi connectivity index (χ2n) is 3.33. The van der Waals surface area contributed by atoms with Crippen LogP contribution in [0, 0.1) is 0 Å². The Morgan fingerprint density at radius 1 is 1.45 bits per heavy atom. The molecule has 0 amide bonds. The molecular weight excluding hydrogens is 174 g/mol.